The molecule has 0 N–H and O–H groups in total. The SMILES string of the molecule is Cc1cc(-n2c(C)cc3ccnc(Cl)c3c2=O)ccc1F. The number of nitrogens with zero attached hydrogens (tertiary/aromatic N) is 2. The summed E-state index contributed by atoms with van der Waals surface area (Å²) in [7, 11) is 0. The zero-order valence-corrected chi connectivity index (χ0v) is 12.3. The lowest BCUT2D eigenvalue weighted by Gasteiger charge is -2.13. The van der Waals surface area contributed by atoms with E-state index in [1.807, 2.05) is 13.0 Å². The zero-order valence-electron chi connectivity index (χ0n) is 11.5. The van der Waals surface area contributed by atoms with Crippen molar-refractivity contribution in [2.24, 2.45) is 0 Å². The molecule has 0 aliphatic heterocycles. The second-order valence-electron chi connectivity index (χ2n) is 4.93. The maximum atomic E-state index is 13.4. The molecule has 1 aromatic carbocycles. The lowest BCUT2D eigenvalue weighted by Crippen LogP contribution is -2.21. The molecule has 0 fully saturated rings. The number of hydrogen-bond donors (Lipinski definition) is 0. The van der Waals surface area contributed by atoms with Crippen LogP contribution < -0.4 is 5.56 Å². The number of aryl methyl sites for hydroxylation is 2. The van der Waals surface area contributed by atoms with Gasteiger partial charge in [-0.15, -0.1) is 0 Å². The number of aromatic nitrogens is 2. The monoisotopic (exact) mass is 302 g/mol. The zero-order chi connectivity index (χ0) is 15.1. The summed E-state index contributed by atoms with van der Waals surface area (Å²) in [4.78, 5) is 16.7. The summed E-state index contributed by atoms with van der Waals surface area (Å²) >= 11 is 6.05. The first-order chi connectivity index (χ1) is 9.99. The van der Waals surface area contributed by atoms with Crippen LogP contribution in [-0.2, 0) is 0 Å². The Hall–Kier alpha value is -2.20. The molecule has 2 heterocycles. The van der Waals surface area contributed by atoms with Gasteiger partial charge in [0.05, 0.1) is 5.39 Å². The maximum absolute atomic E-state index is 13.4. The van der Waals surface area contributed by atoms with Crippen LogP contribution in [-0.4, -0.2) is 9.55 Å². The molecule has 0 saturated carbocycles. The highest BCUT2D eigenvalue weighted by molar-refractivity contribution is 6.34. The van der Waals surface area contributed by atoms with Crippen LogP contribution >= 0.6 is 11.6 Å². The molecule has 0 radical (unpaired) electrons. The molecular formula is C16H12ClFN2O. The van der Waals surface area contributed by atoms with E-state index in [2.05, 4.69) is 4.98 Å². The van der Waals surface area contributed by atoms with E-state index >= 15 is 0 Å². The molecule has 2 aromatic heterocycles. The van der Waals surface area contributed by atoms with E-state index in [4.69, 9.17) is 11.6 Å². The molecule has 5 heteroatoms. The van der Waals surface area contributed by atoms with Gasteiger partial charge in [0.25, 0.3) is 5.56 Å². The molecule has 0 aliphatic rings. The first kappa shape index (κ1) is 13.8. The highest BCUT2D eigenvalue weighted by Crippen LogP contribution is 2.21. The number of benzene rings is 1. The normalized spacial score (nSPS) is 11.0. The van der Waals surface area contributed by atoms with E-state index in [0.717, 1.165) is 11.1 Å². The number of hydrogen-bond acceptors (Lipinski definition) is 2. The van der Waals surface area contributed by atoms with Crippen LogP contribution in [0, 0.1) is 19.7 Å². The minimum absolute atomic E-state index is 0.171. The van der Waals surface area contributed by atoms with Crippen molar-refractivity contribution in [1.29, 1.82) is 0 Å². The van der Waals surface area contributed by atoms with Crippen molar-refractivity contribution in [2.45, 2.75) is 13.8 Å². The summed E-state index contributed by atoms with van der Waals surface area (Å²) in [6.07, 6.45) is 1.57. The largest absolute Gasteiger partial charge is 0.281 e. The Kier molecular flexibility index (Phi) is 3.26. The van der Waals surface area contributed by atoms with Crippen molar-refractivity contribution in [3.05, 3.63) is 69.1 Å². The molecule has 0 saturated heterocycles. The summed E-state index contributed by atoms with van der Waals surface area (Å²) in [5.41, 5.74) is 1.59. The number of halogens is 2. The van der Waals surface area contributed by atoms with Crippen molar-refractivity contribution in [1.82, 2.24) is 9.55 Å². The average molecular weight is 303 g/mol. The summed E-state index contributed by atoms with van der Waals surface area (Å²) in [6.45, 7) is 3.49. The van der Waals surface area contributed by atoms with Crippen molar-refractivity contribution >= 4 is 22.4 Å². The lowest BCUT2D eigenvalue weighted by molar-refractivity contribution is 0.618. The first-order valence-electron chi connectivity index (χ1n) is 6.42. The van der Waals surface area contributed by atoms with Crippen molar-refractivity contribution in [3.63, 3.8) is 0 Å². The smallest absolute Gasteiger partial charge is 0.266 e. The predicted molar refractivity (Wildman–Crippen MR) is 81.8 cm³/mol. The molecule has 0 atom stereocenters. The van der Waals surface area contributed by atoms with Crippen LogP contribution in [0.5, 0.6) is 0 Å². The maximum Gasteiger partial charge on any atom is 0.266 e. The third-order valence-corrected chi connectivity index (χ3v) is 3.76. The van der Waals surface area contributed by atoms with Gasteiger partial charge in [0.15, 0.2) is 0 Å². The minimum Gasteiger partial charge on any atom is -0.281 e. The van der Waals surface area contributed by atoms with Gasteiger partial charge in [-0.3, -0.25) is 9.36 Å². The van der Waals surface area contributed by atoms with E-state index in [1.54, 1.807) is 31.3 Å². The Morgan fingerprint density at radius 2 is 1.95 bits per heavy atom. The third kappa shape index (κ3) is 2.21. The standard InChI is InChI=1S/C16H12ClFN2O/c1-9-7-12(3-4-13(9)18)20-10(2)8-11-5-6-19-15(17)14(11)16(20)21/h3-8H,1-2H3. The highest BCUT2D eigenvalue weighted by atomic mass is 35.5. The molecule has 3 rings (SSSR count). The summed E-state index contributed by atoms with van der Waals surface area (Å²) in [5, 5.41) is 1.28. The molecule has 3 nitrogen and oxygen atoms in total. The lowest BCUT2D eigenvalue weighted by atomic mass is 10.1. The molecule has 0 spiro atoms. The van der Waals surface area contributed by atoms with Crippen LogP contribution in [0.2, 0.25) is 5.15 Å². The van der Waals surface area contributed by atoms with E-state index in [0.29, 0.717) is 16.6 Å². The number of pyridine rings is 2. The topological polar surface area (TPSA) is 34.9 Å². The highest BCUT2D eigenvalue weighted by Gasteiger charge is 2.12. The van der Waals surface area contributed by atoms with Gasteiger partial charge in [-0.25, -0.2) is 9.37 Å². The molecule has 0 aliphatic carbocycles. The Morgan fingerprint density at radius 1 is 1.19 bits per heavy atom. The minimum atomic E-state index is -0.301. The van der Waals surface area contributed by atoms with Gasteiger partial charge >= 0.3 is 0 Å². The van der Waals surface area contributed by atoms with Crippen LogP contribution in [0.4, 0.5) is 4.39 Å². The van der Waals surface area contributed by atoms with Gasteiger partial charge in [-0.05, 0) is 55.1 Å². The Balaban J connectivity index is 2.40. The Bertz CT molecular complexity index is 918. The number of rotatable bonds is 1. The van der Waals surface area contributed by atoms with Crippen LogP contribution in [0.15, 0.2) is 41.3 Å². The van der Waals surface area contributed by atoms with Crippen molar-refractivity contribution in [2.75, 3.05) is 0 Å². The van der Waals surface area contributed by atoms with Gasteiger partial charge in [0.1, 0.15) is 11.0 Å². The van der Waals surface area contributed by atoms with Crippen LogP contribution in [0.25, 0.3) is 16.5 Å². The van der Waals surface area contributed by atoms with Crippen LogP contribution in [0.3, 0.4) is 0 Å². The molecule has 0 unspecified atom stereocenters. The Morgan fingerprint density at radius 3 is 2.67 bits per heavy atom. The molecular weight excluding hydrogens is 291 g/mol. The van der Waals surface area contributed by atoms with Gasteiger partial charge in [-0.1, -0.05) is 11.6 Å². The summed E-state index contributed by atoms with van der Waals surface area (Å²) < 4.78 is 14.9. The van der Waals surface area contributed by atoms with E-state index in [1.165, 1.54) is 10.6 Å². The average Bonchev–Trinajstić information content (AvgIpc) is 2.42. The first-order valence-corrected chi connectivity index (χ1v) is 6.80. The quantitative estimate of drug-likeness (QED) is 0.641. The van der Waals surface area contributed by atoms with Gasteiger partial charge < -0.3 is 0 Å². The molecule has 106 valence electrons. The van der Waals surface area contributed by atoms with E-state index in [9.17, 15) is 9.18 Å². The fourth-order valence-corrected chi connectivity index (χ4v) is 2.68. The van der Waals surface area contributed by atoms with Gasteiger partial charge in [0.2, 0.25) is 0 Å². The van der Waals surface area contributed by atoms with Gasteiger partial charge in [-0.2, -0.15) is 0 Å². The molecule has 0 amide bonds. The Labute approximate surface area is 125 Å². The third-order valence-electron chi connectivity index (χ3n) is 3.47. The predicted octanol–water partition coefficient (Wildman–Crippen LogP) is 3.80. The van der Waals surface area contributed by atoms with E-state index < -0.39 is 0 Å². The number of fused-ring (bicyclic) bond motifs is 1. The second-order valence-corrected chi connectivity index (χ2v) is 5.28. The fourth-order valence-electron chi connectivity index (χ4n) is 2.43. The van der Waals surface area contributed by atoms with Gasteiger partial charge in [0, 0.05) is 17.6 Å². The second kappa shape index (κ2) is 4.97. The van der Waals surface area contributed by atoms with E-state index in [-0.39, 0.29) is 16.5 Å². The van der Waals surface area contributed by atoms with Crippen molar-refractivity contribution in [3.8, 4) is 5.69 Å². The summed E-state index contributed by atoms with van der Waals surface area (Å²) in [6, 6.07) is 8.18. The molecule has 3 aromatic rings. The summed E-state index contributed by atoms with van der Waals surface area (Å²) in [5.74, 6) is -0.301. The molecule has 0 bridgehead atoms. The van der Waals surface area contributed by atoms with Crippen LogP contribution in [0.1, 0.15) is 11.3 Å². The van der Waals surface area contributed by atoms with Crippen molar-refractivity contribution < 1.29 is 4.39 Å². The fraction of sp³-hybridized carbons (Fsp3) is 0.125. The molecule has 21 heavy (non-hydrogen) atoms.